The third kappa shape index (κ3) is 5.48. The van der Waals surface area contributed by atoms with Crippen LogP contribution in [0.15, 0.2) is 11.6 Å². The summed E-state index contributed by atoms with van der Waals surface area (Å²) in [7, 11) is 0. The predicted octanol–water partition coefficient (Wildman–Crippen LogP) is 1.80. The van der Waals surface area contributed by atoms with Gasteiger partial charge < -0.3 is 4.74 Å². The summed E-state index contributed by atoms with van der Waals surface area (Å²) < 4.78 is 4.69. The van der Waals surface area contributed by atoms with Gasteiger partial charge in [-0.25, -0.2) is 0 Å². The van der Waals surface area contributed by atoms with Gasteiger partial charge in [0.15, 0.2) is 0 Å². The van der Waals surface area contributed by atoms with Crippen molar-refractivity contribution in [3.63, 3.8) is 0 Å². The van der Waals surface area contributed by atoms with E-state index >= 15 is 0 Å². The molecule has 12 heavy (non-hydrogen) atoms. The zero-order valence-electron chi connectivity index (χ0n) is 7.46. The zero-order valence-corrected chi connectivity index (χ0v) is 7.46. The molecule has 66 valence electrons. The number of ether oxygens (including phenoxy) is 1. The fraction of sp³-hybridized carbons (Fsp3) is 0.556. The maximum atomic E-state index is 10.3. The van der Waals surface area contributed by atoms with Gasteiger partial charge in [0.1, 0.15) is 0 Å². The Morgan fingerprint density at radius 3 is 2.75 bits per heavy atom. The molecule has 0 unspecified atom stereocenters. The molecule has 0 aliphatic carbocycles. The summed E-state index contributed by atoms with van der Waals surface area (Å²) in [5, 5.41) is 8.56. The molecule has 0 radical (unpaired) electrons. The van der Waals surface area contributed by atoms with E-state index in [1.165, 1.54) is 6.92 Å². The van der Waals surface area contributed by atoms with Gasteiger partial charge in [-0.2, -0.15) is 5.26 Å². The molecule has 0 rings (SSSR count). The molecule has 3 nitrogen and oxygen atoms in total. The van der Waals surface area contributed by atoms with E-state index in [1.54, 1.807) is 0 Å². The Morgan fingerprint density at radius 1 is 1.67 bits per heavy atom. The number of carbonyl (C=O) groups excluding carboxylic acids is 1. The van der Waals surface area contributed by atoms with Crippen molar-refractivity contribution in [2.24, 2.45) is 0 Å². The van der Waals surface area contributed by atoms with Crippen LogP contribution in [0.3, 0.4) is 0 Å². The van der Waals surface area contributed by atoms with Crippen molar-refractivity contribution in [3.8, 4) is 6.07 Å². The van der Waals surface area contributed by atoms with Crippen molar-refractivity contribution in [2.75, 3.05) is 6.61 Å². The molecule has 0 saturated carbocycles. The van der Waals surface area contributed by atoms with E-state index in [2.05, 4.69) is 4.74 Å². The van der Waals surface area contributed by atoms with E-state index < -0.39 is 0 Å². The van der Waals surface area contributed by atoms with Crippen molar-refractivity contribution in [3.05, 3.63) is 11.6 Å². The lowest BCUT2D eigenvalue weighted by molar-refractivity contribution is -0.140. The zero-order chi connectivity index (χ0) is 9.40. The molecule has 0 atom stereocenters. The fourth-order valence-electron chi connectivity index (χ4n) is 0.755. The Hall–Kier alpha value is -1.30. The van der Waals surface area contributed by atoms with E-state index in [9.17, 15) is 4.79 Å². The Labute approximate surface area is 72.6 Å². The first-order valence-electron chi connectivity index (χ1n) is 3.93. The smallest absolute Gasteiger partial charge is 0.302 e. The van der Waals surface area contributed by atoms with E-state index in [-0.39, 0.29) is 5.97 Å². The predicted molar refractivity (Wildman–Crippen MR) is 45.2 cm³/mol. The van der Waals surface area contributed by atoms with Gasteiger partial charge in [0.2, 0.25) is 0 Å². The molecule has 0 N–H and O–H groups in total. The molecule has 0 bridgehead atoms. The summed E-state index contributed by atoms with van der Waals surface area (Å²) in [4.78, 5) is 10.3. The highest BCUT2D eigenvalue weighted by atomic mass is 16.5. The number of nitrogens with zero attached hydrogens (tertiary/aromatic N) is 1. The fourth-order valence-corrected chi connectivity index (χ4v) is 0.755. The van der Waals surface area contributed by atoms with E-state index in [1.807, 2.05) is 19.1 Å². The second-order valence-corrected chi connectivity index (χ2v) is 2.34. The Balaban J connectivity index is 3.68. The van der Waals surface area contributed by atoms with E-state index in [0.29, 0.717) is 18.6 Å². The number of carbonyl (C=O) groups is 1. The average Bonchev–Trinajstić information content (AvgIpc) is 2.02. The third-order valence-electron chi connectivity index (χ3n) is 1.27. The topological polar surface area (TPSA) is 50.1 Å². The number of hydrogen-bond acceptors (Lipinski definition) is 3. The van der Waals surface area contributed by atoms with E-state index in [0.717, 1.165) is 6.42 Å². The van der Waals surface area contributed by atoms with Gasteiger partial charge in [-0.05, 0) is 6.42 Å². The van der Waals surface area contributed by atoms with Crippen molar-refractivity contribution in [1.82, 2.24) is 0 Å². The molecular weight excluding hydrogens is 154 g/mol. The number of allylic oxidation sites excluding steroid dienone is 1. The van der Waals surface area contributed by atoms with E-state index in [4.69, 9.17) is 5.26 Å². The standard InChI is InChI=1S/C9H13NO2/c1-3-4-9(7-10)5-6-12-8(2)11/h4H,3,5-6H2,1-2H3/b9-4-. The molecular formula is C9H13NO2. The molecule has 0 aliphatic rings. The molecule has 0 aromatic heterocycles. The van der Waals surface area contributed by atoms with Crippen molar-refractivity contribution in [1.29, 1.82) is 5.26 Å². The van der Waals surface area contributed by atoms with Crippen LogP contribution in [0, 0.1) is 11.3 Å². The number of hydrogen-bond donors (Lipinski definition) is 0. The number of esters is 1. The molecule has 0 fully saturated rings. The summed E-state index contributed by atoms with van der Waals surface area (Å²) in [5.74, 6) is -0.302. The summed E-state index contributed by atoms with van der Waals surface area (Å²) in [6.45, 7) is 3.62. The lowest BCUT2D eigenvalue weighted by Crippen LogP contribution is -2.00. The first kappa shape index (κ1) is 10.7. The summed E-state index contributed by atoms with van der Waals surface area (Å²) in [6.07, 6.45) is 3.19. The SMILES string of the molecule is CC/C=C(\C#N)CCOC(C)=O. The molecule has 3 heteroatoms. The van der Waals surface area contributed by atoms with Gasteiger partial charge in [0.25, 0.3) is 0 Å². The summed E-state index contributed by atoms with van der Waals surface area (Å²) in [6, 6.07) is 2.05. The first-order valence-corrected chi connectivity index (χ1v) is 3.93. The van der Waals surface area contributed by atoms with Crippen LogP contribution in [0.1, 0.15) is 26.7 Å². The van der Waals surface area contributed by atoms with Gasteiger partial charge in [0, 0.05) is 18.9 Å². The Morgan fingerprint density at radius 2 is 2.33 bits per heavy atom. The lowest BCUT2D eigenvalue weighted by Gasteiger charge is -1.99. The lowest BCUT2D eigenvalue weighted by atomic mass is 10.2. The monoisotopic (exact) mass is 167 g/mol. The summed E-state index contributed by atoms with van der Waals surface area (Å²) >= 11 is 0. The molecule has 0 aromatic carbocycles. The van der Waals surface area contributed by atoms with Crippen molar-refractivity contribution in [2.45, 2.75) is 26.7 Å². The summed E-state index contributed by atoms with van der Waals surface area (Å²) in [5.41, 5.74) is 0.679. The minimum atomic E-state index is -0.302. The highest BCUT2D eigenvalue weighted by Crippen LogP contribution is 2.01. The highest BCUT2D eigenvalue weighted by molar-refractivity contribution is 5.65. The normalized spacial score (nSPS) is 10.6. The van der Waals surface area contributed by atoms with Crippen LogP contribution in [0.2, 0.25) is 0 Å². The van der Waals surface area contributed by atoms with Crippen LogP contribution in [0.5, 0.6) is 0 Å². The van der Waals surface area contributed by atoms with Gasteiger partial charge in [0.05, 0.1) is 12.7 Å². The highest BCUT2D eigenvalue weighted by Gasteiger charge is 1.96. The van der Waals surface area contributed by atoms with Gasteiger partial charge >= 0.3 is 5.97 Å². The molecule has 0 amide bonds. The van der Waals surface area contributed by atoms with Crippen LogP contribution in [-0.4, -0.2) is 12.6 Å². The minimum Gasteiger partial charge on any atom is -0.465 e. The number of nitriles is 1. The molecule has 0 aromatic rings. The molecule has 0 saturated heterocycles. The average molecular weight is 167 g/mol. The maximum absolute atomic E-state index is 10.3. The second kappa shape index (κ2) is 6.41. The molecule has 0 spiro atoms. The van der Waals surface area contributed by atoms with Crippen LogP contribution in [0.25, 0.3) is 0 Å². The van der Waals surface area contributed by atoms with Crippen LogP contribution in [-0.2, 0) is 9.53 Å². The quantitative estimate of drug-likeness (QED) is 0.474. The van der Waals surface area contributed by atoms with Gasteiger partial charge in [-0.3, -0.25) is 4.79 Å². The Bertz CT molecular complexity index is 213. The van der Waals surface area contributed by atoms with Crippen LogP contribution >= 0.6 is 0 Å². The molecule has 0 heterocycles. The Kier molecular flexibility index (Phi) is 5.72. The van der Waals surface area contributed by atoms with Crippen LogP contribution in [0.4, 0.5) is 0 Å². The minimum absolute atomic E-state index is 0.300. The maximum Gasteiger partial charge on any atom is 0.302 e. The molecule has 0 aliphatic heterocycles. The first-order chi connectivity index (χ1) is 5.70. The van der Waals surface area contributed by atoms with Crippen LogP contribution < -0.4 is 0 Å². The van der Waals surface area contributed by atoms with Crippen molar-refractivity contribution >= 4 is 5.97 Å². The van der Waals surface area contributed by atoms with Gasteiger partial charge in [-0.15, -0.1) is 0 Å². The largest absolute Gasteiger partial charge is 0.465 e. The third-order valence-corrected chi connectivity index (χ3v) is 1.27. The number of rotatable bonds is 4. The second-order valence-electron chi connectivity index (χ2n) is 2.34. The van der Waals surface area contributed by atoms with Gasteiger partial charge in [-0.1, -0.05) is 13.0 Å². The van der Waals surface area contributed by atoms with Crippen molar-refractivity contribution < 1.29 is 9.53 Å².